The Morgan fingerprint density at radius 3 is 2.75 bits per heavy atom. The fourth-order valence-electron chi connectivity index (χ4n) is 4.50. The fourth-order valence-corrected chi connectivity index (χ4v) is 5.69. The maximum atomic E-state index is 12.6. The lowest BCUT2D eigenvalue weighted by atomic mass is 9.98. The van der Waals surface area contributed by atoms with E-state index in [0.29, 0.717) is 54.8 Å². The Bertz CT molecular complexity index is 1300. The van der Waals surface area contributed by atoms with E-state index < -0.39 is 13.2 Å². The number of hydrogen-bond acceptors (Lipinski definition) is 7. The predicted octanol–water partition coefficient (Wildman–Crippen LogP) is 5.33. The van der Waals surface area contributed by atoms with E-state index in [0.717, 1.165) is 11.1 Å². The van der Waals surface area contributed by atoms with Gasteiger partial charge in [0, 0.05) is 42.9 Å². The summed E-state index contributed by atoms with van der Waals surface area (Å²) in [5, 5.41) is 11.9. The molecule has 0 bridgehead atoms. The highest BCUT2D eigenvalue weighted by molar-refractivity contribution is 7.49. The van der Waals surface area contributed by atoms with Crippen LogP contribution in [-0.4, -0.2) is 35.9 Å². The van der Waals surface area contributed by atoms with E-state index in [4.69, 9.17) is 19.5 Å². The van der Waals surface area contributed by atoms with Crippen LogP contribution in [0.25, 0.3) is 0 Å². The maximum absolute atomic E-state index is 12.6. The number of fused-ring (bicyclic) bond motifs is 2. The van der Waals surface area contributed by atoms with E-state index in [-0.39, 0.29) is 23.4 Å². The van der Waals surface area contributed by atoms with Crippen LogP contribution < -0.4 is 15.0 Å². The van der Waals surface area contributed by atoms with E-state index in [1.807, 2.05) is 30.3 Å². The van der Waals surface area contributed by atoms with Crippen molar-refractivity contribution in [1.82, 2.24) is 4.90 Å². The molecule has 3 aromatic carbocycles. The van der Waals surface area contributed by atoms with Gasteiger partial charge in [0.25, 0.3) is 5.91 Å². The SMILES string of the molecule is CN1CCc2c(Oc3cc4c(cc3[N+](=O)[O-])OCCC4OP(N)Cc3ccccc3)cccc2C1=O. The zero-order valence-corrected chi connectivity index (χ0v) is 20.6. The number of nitro benzene ring substituents is 1. The first-order chi connectivity index (χ1) is 17.4. The molecule has 10 heteroatoms. The monoisotopic (exact) mass is 507 g/mol. The Hall–Kier alpha value is -3.52. The van der Waals surface area contributed by atoms with E-state index >= 15 is 0 Å². The number of likely N-dealkylation sites (N-methyl/N-ethyl adjacent to an activating group) is 1. The zero-order valence-electron chi connectivity index (χ0n) is 19.8. The molecule has 186 valence electrons. The van der Waals surface area contributed by atoms with E-state index in [9.17, 15) is 14.9 Å². The summed E-state index contributed by atoms with van der Waals surface area (Å²) in [6.45, 7) is 0.912. The summed E-state index contributed by atoms with van der Waals surface area (Å²) in [7, 11) is 0.477. The molecule has 2 atom stereocenters. The quantitative estimate of drug-likeness (QED) is 0.261. The van der Waals surface area contributed by atoms with Gasteiger partial charge < -0.3 is 18.9 Å². The first-order valence-corrected chi connectivity index (χ1v) is 13.2. The number of amides is 1. The molecular formula is C26H26N3O6P. The number of carbonyl (C=O) groups is 1. The van der Waals surface area contributed by atoms with Crippen LogP contribution in [0.2, 0.25) is 0 Å². The van der Waals surface area contributed by atoms with E-state index in [2.05, 4.69) is 0 Å². The predicted molar refractivity (Wildman–Crippen MR) is 135 cm³/mol. The van der Waals surface area contributed by atoms with Crippen LogP contribution >= 0.6 is 8.30 Å². The van der Waals surface area contributed by atoms with Gasteiger partial charge in [0.1, 0.15) is 19.8 Å². The lowest BCUT2D eigenvalue weighted by molar-refractivity contribution is -0.385. The molecule has 2 heterocycles. The van der Waals surface area contributed by atoms with Crippen LogP contribution in [0.3, 0.4) is 0 Å². The normalized spacial score (nSPS) is 17.6. The maximum Gasteiger partial charge on any atom is 0.315 e. The number of nitro groups is 1. The average molecular weight is 507 g/mol. The molecule has 0 fully saturated rings. The Balaban J connectivity index is 1.45. The van der Waals surface area contributed by atoms with Crippen molar-refractivity contribution in [3.8, 4) is 17.2 Å². The van der Waals surface area contributed by atoms with Crippen molar-refractivity contribution in [2.75, 3.05) is 20.2 Å². The molecule has 2 aliphatic rings. The Morgan fingerprint density at radius 2 is 1.97 bits per heavy atom. The summed E-state index contributed by atoms with van der Waals surface area (Å²) in [4.78, 5) is 25.6. The summed E-state index contributed by atoms with van der Waals surface area (Å²) >= 11 is 0. The molecular weight excluding hydrogens is 481 g/mol. The first-order valence-electron chi connectivity index (χ1n) is 11.6. The Labute approximate surface area is 209 Å². The zero-order chi connectivity index (χ0) is 25.2. The van der Waals surface area contributed by atoms with Crippen LogP contribution in [0.4, 0.5) is 5.69 Å². The molecule has 0 radical (unpaired) electrons. The second kappa shape index (κ2) is 10.2. The second-order valence-electron chi connectivity index (χ2n) is 8.77. The largest absolute Gasteiger partial charge is 0.493 e. The molecule has 0 saturated carbocycles. The van der Waals surface area contributed by atoms with Crippen molar-refractivity contribution in [3.05, 3.63) is 93.0 Å². The standard InChI is InChI=1S/C26H26N3O6P/c1-28-12-10-18-19(26(28)30)8-5-9-22(18)34-25-14-20-23(11-13-33-24(20)15-21(25)29(31)32)35-36(27)16-17-6-3-2-4-7-17/h2-9,14-15,23H,10-13,16,27H2,1H3. The number of hydrogen-bond donors (Lipinski definition) is 1. The molecule has 36 heavy (non-hydrogen) atoms. The highest BCUT2D eigenvalue weighted by Gasteiger charge is 2.31. The van der Waals surface area contributed by atoms with Gasteiger partial charge in [-0.05, 0) is 30.2 Å². The van der Waals surface area contributed by atoms with Crippen molar-refractivity contribution in [2.45, 2.75) is 25.1 Å². The molecule has 0 saturated heterocycles. The molecule has 3 aromatic rings. The number of nitrogens with two attached hydrogens (primary N) is 1. The minimum Gasteiger partial charge on any atom is -0.493 e. The van der Waals surface area contributed by atoms with Crippen molar-refractivity contribution in [3.63, 3.8) is 0 Å². The van der Waals surface area contributed by atoms with Gasteiger partial charge >= 0.3 is 5.69 Å². The summed E-state index contributed by atoms with van der Waals surface area (Å²) in [5.74, 6) is 0.789. The third kappa shape index (κ3) is 4.91. The fraction of sp³-hybridized carbons (Fsp3) is 0.269. The molecule has 1 amide bonds. The Morgan fingerprint density at radius 1 is 1.17 bits per heavy atom. The number of rotatable bonds is 7. The van der Waals surface area contributed by atoms with E-state index in [1.165, 1.54) is 6.07 Å². The highest BCUT2D eigenvalue weighted by atomic mass is 31.2. The summed E-state index contributed by atoms with van der Waals surface area (Å²) in [6.07, 6.45) is 1.38. The summed E-state index contributed by atoms with van der Waals surface area (Å²) in [5.41, 5.74) is 9.17. The van der Waals surface area contributed by atoms with Gasteiger partial charge in [-0.3, -0.25) is 20.4 Å². The van der Waals surface area contributed by atoms with Crippen LogP contribution in [-0.2, 0) is 17.1 Å². The van der Waals surface area contributed by atoms with Crippen molar-refractivity contribution in [2.24, 2.45) is 5.50 Å². The Kier molecular flexibility index (Phi) is 6.87. The second-order valence-corrected chi connectivity index (χ2v) is 10.1. The average Bonchev–Trinajstić information content (AvgIpc) is 2.87. The molecule has 5 rings (SSSR count). The van der Waals surface area contributed by atoms with Crippen LogP contribution in [0, 0.1) is 10.1 Å². The number of ether oxygens (including phenoxy) is 2. The van der Waals surface area contributed by atoms with E-state index in [1.54, 1.807) is 36.2 Å². The van der Waals surface area contributed by atoms with Crippen molar-refractivity contribution >= 4 is 19.9 Å². The van der Waals surface area contributed by atoms with Crippen LogP contribution in [0.1, 0.15) is 39.6 Å². The molecule has 2 N–H and O–H groups in total. The third-order valence-electron chi connectivity index (χ3n) is 6.34. The topological polar surface area (TPSA) is 117 Å². The van der Waals surface area contributed by atoms with Crippen LogP contribution in [0.5, 0.6) is 17.2 Å². The minimum atomic E-state index is -1.27. The molecule has 2 unspecified atom stereocenters. The van der Waals surface area contributed by atoms with Gasteiger partial charge in [0.2, 0.25) is 5.75 Å². The molecule has 0 spiro atoms. The molecule has 2 aliphatic heterocycles. The van der Waals surface area contributed by atoms with Gasteiger partial charge in [-0.25, -0.2) is 0 Å². The third-order valence-corrected chi connectivity index (χ3v) is 7.55. The van der Waals surface area contributed by atoms with Crippen molar-refractivity contribution < 1.29 is 23.7 Å². The van der Waals surface area contributed by atoms with Crippen molar-refractivity contribution in [1.29, 1.82) is 0 Å². The number of nitrogens with zero attached hydrogens (tertiary/aromatic N) is 2. The molecule has 9 nitrogen and oxygen atoms in total. The lowest BCUT2D eigenvalue weighted by Crippen LogP contribution is -2.34. The molecule has 0 aliphatic carbocycles. The van der Waals surface area contributed by atoms with Gasteiger partial charge in [0.15, 0.2) is 0 Å². The molecule has 0 aromatic heterocycles. The lowest BCUT2D eigenvalue weighted by Gasteiger charge is -2.29. The number of carbonyl (C=O) groups excluding carboxylic acids is 1. The van der Waals surface area contributed by atoms with Crippen LogP contribution in [0.15, 0.2) is 60.7 Å². The number of benzene rings is 3. The summed E-state index contributed by atoms with van der Waals surface area (Å²) < 4.78 is 18.1. The minimum absolute atomic E-state index is 0.0713. The van der Waals surface area contributed by atoms with Gasteiger partial charge in [-0.2, -0.15) is 0 Å². The summed E-state index contributed by atoms with van der Waals surface area (Å²) in [6, 6.07) is 18.0. The van der Waals surface area contributed by atoms with Gasteiger partial charge in [0.05, 0.1) is 23.7 Å². The van der Waals surface area contributed by atoms with Gasteiger partial charge in [-0.15, -0.1) is 0 Å². The first kappa shape index (κ1) is 24.2. The highest BCUT2D eigenvalue weighted by Crippen LogP contribution is 2.48. The smallest absolute Gasteiger partial charge is 0.315 e. The van der Waals surface area contributed by atoms with Gasteiger partial charge in [-0.1, -0.05) is 36.4 Å².